The van der Waals surface area contributed by atoms with Crippen LogP contribution in [0.25, 0.3) is 0 Å². The molecule has 1 aliphatic carbocycles. The Morgan fingerprint density at radius 1 is 1.10 bits per heavy atom. The second-order valence-electron chi connectivity index (χ2n) is 8.15. The largest absolute Gasteiger partial charge is 0.326 e. The van der Waals surface area contributed by atoms with Crippen LogP contribution in [0, 0.1) is 18.3 Å². The van der Waals surface area contributed by atoms with Crippen LogP contribution in [-0.4, -0.2) is 73.7 Å². The summed E-state index contributed by atoms with van der Waals surface area (Å²) in [6.07, 6.45) is 4.52. The topological polar surface area (TPSA) is 84.7 Å². The first kappa shape index (κ1) is 21.8. The number of piperazine rings is 1. The Hall–Kier alpha value is -1.95. The average molecular weight is 419 g/mol. The highest BCUT2D eigenvalue weighted by atomic mass is 32.2. The van der Waals surface area contributed by atoms with Gasteiger partial charge in [0, 0.05) is 33.2 Å². The standard InChI is InChI=1S/C21H30N4O3S/c1-18-6-8-19(9-7-18)29(27,28)25-14-12-24(13-15-25)16-20(26)23(2)21(17-22)10-4-3-5-11-21/h6-9H,3-5,10-16H2,1-2H3. The Morgan fingerprint density at radius 3 is 2.24 bits per heavy atom. The molecular weight excluding hydrogens is 388 g/mol. The Balaban J connectivity index is 1.57. The molecule has 0 spiro atoms. The number of rotatable bonds is 5. The van der Waals surface area contributed by atoms with Crippen molar-refractivity contribution in [3.05, 3.63) is 29.8 Å². The third-order valence-corrected chi connectivity index (χ3v) is 8.17. The molecule has 1 saturated carbocycles. The number of nitrogens with zero attached hydrogens (tertiary/aromatic N) is 4. The zero-order valence-corrected chi connectivity index (χ0v) is 18.1. The fourth-order valence-electron chi connectivity index (χ4n) is 4.18. The Morgan fingerprint density at radius 2 is 1.69 bits per heavy atom. The van der Waals surface area contributed by atoms with Crippen molar-refractivity contribution in [1.29, 1.82) is 5.26 Å². The Bertz CT molecular complexity index is 862. The van der Waals surface area contributed by atoms with Crippen molar-refractivity contribution in [2.75, 3.05) is 39.8 Å². The van der Waals surface area contributed by atoms with Gasteiger partial charge in [-0.05, 0) is 31.9 Å². The maximum absolute atomic E-state index is 12.8. The summed E-state index contributed by atoms with van der Waals surface area (Å²) in [5.74, 6) is -0.0664. The summed E-state index contributed by atoms with van der Waals surface area (Å²) >= 11 is 0. The monoisotopic (exact) mass is 418 g/mol. The van der Waals surface area contributed by atoms with Crippen LogP contribution in [0.5, 0.6) is 0 Å². The smallest absolute Gasteiger partial charge is 0.243 e. The summed E-state index contributed by atoms with van der Waals surface area (Å²) in [4.78, 5) is 16.7. The van der Waals surface area contributed by atoms with Gasteiger partial charge in [0.1, 0.15) is 5.54 Å². The van der Waals surface area contributed by atoms with E-state index in [2.05, 4.69) is 6.07 Å². The normalized spacial score (nSPS) is 20.7. The van der Waals surface area contributed by atoms with Crippen LogP contribution in [0.15, 0.2) is 29.2 Å². The number of carbonyl (C=O) groups is 1. The highest BCUT2D eigenvalue weighted by molar-refractivity contribution is 7.89. The number of hydrogen-bond acceptors (Lipinski definition) is 5. The number of likely N-dealkylation sites (N-methyl/N-ethyl adjacent to an activating group) is 1. The Kier molecular flexibility index (Phi) is 6.62. The molecule has 0 unspecified atom stereocenters. The van der Waals surface area contributed by atoms with E-state index in [0.717, 1.165) is 37.7 Å². The van der Waals surface area contributed by atoms with E-state index in [1.807, 2.05) is 11.8 Å². The number of sulfonamides is 1. The molecule has 29 heavy (non-hydrogen) atoms. The number of carbonyl (C=O) groups excluding carboxylic acids is 1. The third-order valence-electron chi connectivity index (χ3n) is 6.25. The minimum Gasteiger partial charge on any atom is -0.326 e. The van der Waals surface area contributed by atoms with Crippen molar-refractivity contribution in [1.82, 2.24) is 14.1 Å². The minimum atomic E-state index is -3.51. The number of benzene rings is 1. The van der Waals surface area contributed by atoms with Crippen molar-refractivity contribution < 1.29 is 13.2 Å². The van der Waals surface area contributed by atoms with Crippen LogP contribution >= 0.6 is 0 Å². The average Bonchev–Trinajstić information content (AvgIpc) is 2.74. The van der Waals surface area contributed by atoms with E-state index >= 15 is 0 Å². The van der Waals surface area contributed by atoms with Crippen molar-refractivity contribution in [2.24, 2.45) is 0 Å². The van der Waals surface area contributed by atoms with E-state index < -0.39 is 15.6 Å². The van der Waals surface area contributed by atoms with E-state index in [1.165, 1.54) is 4.31 Å². The van der Waals surface area contributed by atoms with Gasteiger partial charge in [0.15, 0.2) is 0 Å². The number of hydrogen-bond donors (Lipinski definition) is 0. The lowest BCUT2D eigenvalue weighted by Crippen LogP contribution is -2.55. The summed E-state index contributed by atoms with van der Waals surface area (Å²) in [6, 6.07) is 9.26. The number of nitriles is 1. The van der Waals surface area contributed by atoms with Crippen LogP contribution in [0.4, 0.5) is 0 Å². The van der Waals surface area contributed by atoms with E-state index in [0.29, 0.717) is 31.1 Å². The molecule has 1 aromatic carbocycles. The molecule has 2 aliphatic rings. The van der Waals surface area contributed by atoms with E-state index in [9.17, 15) is 18.5 Å². The van der Waals surface area contributed by atoms with Crippen LogP contribution < -0.4 is 0 Å². The first-order chi connectivity index (χ1) is 13.8. The molecule has 1 aliphatic heterocycles. The lowest BCUT2D eigenvalue weighted by Gasteiger charge is -2.40. The molecule has 1 amide bonds. The third kappa shape index (κ3) is 4.63. The summed E-state index contributed by atoms with van der Waals surface area (Å²) in [6.45, 7) is 3.87. The van der Waals surface area contributed by atoms with Crippen LogP contribution in [0.3, 0.4) is 0 Å². The zero-order chi connectivity index (χ0) is 21.1. The van der Waals surface area contributed by atoms with Gasteiger partial charge in [0.05, 0.1) is 17.5 Å². The molecule has 8 heteroatoms. The van der Waals surface area contributed by atoms with Crippen molar-refractivity contribution in [3.8, 4) is 6.07 Å². The predicted octanol–water partition coefficient (Wildman–Crippen LogP) is 1.99. The first-order valence-corrected chi connectivity index (χ1v) is 11.7. The summed E-state index contributed by atoms with van der Waals surface area (Å²) in [5, 5.41) is 9.69. The van der Waals surface area contributed by atoms with Gasteiger partial charge < -0.3 is 4.90 Å². The molecule has 3 rings (SSSR count). The van der Waals surface area contributed by atoms with E-state index in [4.69, 9.17) is 0 Å². The molecule has 0 aromatic heterocycles. The number of aryl methyl sites for hydroxylation is 1. The second kappa shape index (κ2) is 8.82. The Labute approximate surface area is 173 Å². The van der Waals surface area contributed by atoms with Crippen molar-refractivity contribution in [3.63, 3.8) is 0 Å². The lowest BCUT2D eigenvalue weighted by atomic mass is 9.81. The molecule has 1 saturated heterocycles. The minimum absolute atomic E-state index is 0.0664. The van der Waals surface area contributed by atoms with Gasteiger partial charge in [-0.2, -0.15) is 9.57 Å². The van der Waals surface area contributed by atoms with E-state index in [1.54, 1.807) is 36.2 Å². The highest BCUT2D eigenvalue weighted by Crippen LogP contribution is 2.32. The van der Waals surface area contributed by atoms with Crippen LogP contribution in [0.1, 0.15) is 37.7 Å². The zero-order valence-electron chi connectivity index (χ0n) is 17.3. The molecule has 2 fully saturated rings. The molecule has 0 N–H and O–H groups in total. The summed E-state index contributed by atoms with van der Waals surface area (Å²) in [5.41, 5.74) is 0.330. The van der Waals surface area contributed by atoms with Gasteiger partial charge in [-0.1, -0.05) is 37.0 Å². The van der Waals surface area contributed by atoms with Crippen molar-refractivity contribution in [2.45, 2.75) is 49.5 Å². The fraction of sp³-hybridized carbons (Fsp3) is 0.619. The lowest BCUT2D eigenvalue weighted by molar-refractivity contribution is -0.136. The SMILES string of the molecule is Cc1ccc(S(=O)(=O)N2CCN(CC(=O)N(C)C3(C#N)CCCCC3)CC2)cc1. The van der Waals surface area contributed by atoms with Gasteiger partial charge in [-0.25, -0.2) is 8.42 Å². The van der Waals surface area contributed by atoms with Crippen LogP contribution in [0.2, 0.25) is 0 Å². The van der Waals surface area contributed by atoms with Crippen molar-refractivity contribution >= 4 is 15.9 Å². The quantitative estimate of drug-likeness (QED) is 0.730. The predicted molar refractivity (Wildman–Crippen MR) is 111 cm³/mol. The second-order valence-corrected chi connectivity index (χ2v) is 10.1. The maximum Gasteiger partial charge on any atom is 0.243 e. The molecule has 1 heterocycles. The molecule has 0 atom stereocenters. The fourth-order valence-corrected chi connectivity index (χ4v) is 5.60. The van der Waals surface area contributed by atoms with Gasteiger partial charge >= 0.3 is 0 Å². The highest BCUT2D eigenvalue weighted by Gasteiger charge is 2.39. The molecule has 1 aromatic rings. The van der Waals surface area contributed by atoms with Gasteiger partial charge in [0.2, 0.25) is 15.9 Å². The van der Waals surface area contributed by atoms with Gasteiger partial charge in [-0.15, -0.1) is 0 Å². The summed E-state index contributed by atoms with van der Waals surface area (Å²) < 4.78 is 27.1. The molecule has 158 valence electrons. The molecule has 0 radical (unpaired) electrons. The van der Waals surface area contributed by atoms with Gasteiger partial charge in [0.25, 0.3) is 0 Å². The maximum atomic E-state index is 12.8. The van der Waals surface area contributed by atoms with Gasteiger partial charge in [-0.3, -0.25) is 9.69 Å². The molecule has 7 nitrogen and oxygen atoms in total. The van der Waals surface area contributed by atoms with Crippen LogP contribution in [-0.2, 0) is 14.8 Å². The first-order valence-electron chi connectivity index (χ1n) is 10.3. The molecular formula is C21H30N4O3S. The number of amides is 1. The van der Waals surface area contributed by atoms with E-state index in [-0.39, 0.29) is 12.5 Å². The summed E-state index contributed by atoms with van der Waals surface area (Å²) in [7, 11) is -1.78. The molecule has 0 bridgehead atoms.